The van der Waals surface area contributed by atoms with Crippen LogP contribution in [0.1, 0.15) is 29.0 Å². The van der Waals surface area contributed by atoms with Crippen LogP contribution in [-0.2, 0) is 6.42 Å². The molecule has 0 saturated heterocycles. The van der Waals surface area contributed by atoms with Crippen molar-refractivity contribution in [2.75, 3.05) is 4.90 Å². The summed E-state index contributed by atoms with van der Waals surface area (Å²) in [6.45, 7) is 0. The number of anilines is 3. The Bertz CT molecular complexity index is 2660. The molecule has 10 rings (SSSR count). The fourth-order valence-electron chi connectivity index (χ4n) is 8.57. The van der Waals surface area contributed by atoms with Gasteiger partial charge in [0.25, 0.3) is 0 Å². The molecule has 2 nitrogen and oxygen atoms in total. The molecule has 1 heterocycles. The summed E-state index contributed by atoms with van der Waals surface area (Å²) in [5.74, 6) is 0.246. The molecule has 53 heavy (non-hydrogen) atoms. The Hall–Kier alpha value is -6.64. The Morgan fingerprint density at radius 1 is 0.453 bits per heavy atom. The van der Waals surface area contributed by atoms with E-state index in [-0.39, 0.29) is 5.92 Å². The van der Waals surface area contributed by atoms with E-state index in [9.17, 15) is 0 Å². The van der Waals surface area contributed by atoms with Crippen LogP contribution in [0, 0.1) is 0 Å². The van der Waals surface area contributed by atoms with E-state index in [1.165, 1.54) is 55.5 Å². The second-order valence-corrected chi connectivity index (χ2v) is 13.9. The van der Waals surface area contributed by atoms with Crippen LogP contribution in [0.15, 0.2) is 199 Å². The highest BCUT2D eigenvalue weighted by atomic mass is 16.3. The summed E-state index contributed by atoms with van der Waals surface area (Å²) in [6.07, 6.45) is 1.95. The number of hydrogen-bond acceptors (Lipinski definition) is 2. The molecular formula is C51H37NO. The predicted molar refractivity (Wildman–Crippen MR) is 221 cm³/mol. The van der Waals surface area contributed by atoms with E-state index in [1.54, 1.807) is 0 Å². The monoisotopic (exact) mass is 679 g/mol. The highest BCUT2D eigenvalue weighted by molar-refractivity contribution is 6.17. The van der Waals surface area contributed by atoms with Crippen LogP contribution in [0.4, 0.5) is 17.1 Å². The molecule has 1 atom stereocenters. The van der Waals surface area contributed by atoms with Gasteiger partial charge < -0.3 is 9.32 Å². The maximum atomic E-state index is 6.64. The average Bonchev–Trinajstić information content (AvgIpc) is 3.51. The molecule has 0 bridgehead atoms. The first-order valence-electron chi connectivity index (χ1n) is 18.5. The molecule has 0 spiro atoms. The van der Waals surface area contributed by atoms with Gasteiger partial charge in [0.15, 0.2) is 0 Å². The van der Waals surface area contributed by atoms with Crippen LogP contribution in [0.3, 0.4) is 0 Å². The zero-order valence-corrected chi connectivity index (χ0v) is 29.3. The third kappa shape index (κ3) is 5.43. The lowest BCUT2D eigenvalue weighted by molar-refractivity contribution is 0.667. The summed E-state index contributed by atoms with van der Waals surface area (Å²) in [5, 5.41) is 2.33. The van der Waals surface area contributed by atoms with Gasteiger partial charge in [-0.3, -0.25) is 0 Å². The molecule has 1 aliphatic rings. The van der Waals surface area contributed by atoms with E-state index < -0.39 is 0 Å². The standard InChI is InChI=1S/C51H37NO/c1-5-16-35(17-6-1)42-33-30-38-34-47-51(45-24-13-14-27-46(45)53-47)48(37-18-7-2-8-19-37)49(38)50-43(25-15-26-44(42)50)36-28-31-41(32-29-36)52(39-20-9-3-10-21-39)40-22-11-4-12-23-40/h1-29,31-32,34,42H,30,33H2. The van der Waals surface area contributed by atoms with E-state index in [1.807, 2.05) is 0 Å². The second kappa shape index (κ2) is 13.2. The van der Waals surface area contributed by atoms with Crippen molar-refractivity contribution in [1.29, 1.82) is 0 Å². The first-order valence-corrected chi connectivity index (χ1v) is 18.5. The number of benzene rings is 8. The van der Waals surface area contributed by atoms with Crippen LogP contribution >= 0.6 is 0 Å². The average molecular weight is 680 g/mol. The number of para-hydroxylation sites is 3. The van der Waals surface area contributed by atoms with E-state index >= 15 is 0 Å². The van der Waals surface area contributed by atoms with Crippen molar-refractivity contribution in [3.05, 3.63) is 211 Å². The molecule has 1 aliphatic carbocycles. The number of nitrogens with zero attached hydrogens (tertiary/aromatic N) is 1. The van der Waals surface area contributed by atoms with Crippen molar-refractivity contribution >= 4 is 39.0 Å². The van der Waals surface area contributed by atoms with Gasteiger partial charge in [0.05, 0.1) is 0 Å². The highest BCUT2D eigenvalue weighted by Crippen LogP contribution is 2.52. The topological polar surface area (TPSA) is 16.4 Å². The van der Waals surface area contributed by atoms with Crippen LogP contribution in [0.2, 0.25) is 0 Å². The lowest BCUT2D eigenvalue weighted by atomic mass is 9.80. The number of rotatable bonds is 6. The second-order valence-electron chi connectivity index (χ2n) is 13.9. The van der Waals surface area contributed by atoms with Crippen LogP contribution in [0.5, 0.6) is 0 Å². The van der Waals surface area contributed by atoms with Crippen molar-refractivity contribution in [2.45, 2.75) is 18.8 Å². The molecule has 0 aliphatic heterocycles. The molecule has 1 aromatic heterocycles. The molecule has 1 unspecified atom stereocenters. The van der Waals surface area contributed by atoms with E-state index in [0.717, 1.165) is 46.5 Å². The smallest absolute Gasteiger partial charge is 0.136 e. The van der Waals surface area contributed by atoms with Crippen LogP contribution < -0.4 is 4.90 Å². The summed E-state index contributed by atoms with van der Waals surface area (Å²) in [4.78, 5) is 2.32. The third-order valence-corrected chi connectivity index (χ3v) is 10.9. The predicted octanol–water partition coefficient (Wildman–Crippen LogP) is 14.1. The molecule has 0 fully saturated rings. The van der Waals surface area contributed by atoms with E-state index in [4.69, 9.17) is 4.42 Å². The molecule has 0 N–H and O–H groups in total. The van der Waals surface area contributed by atoms with Gasteiger partial charge in [-0.05, 0) is 106 Å². The summed E-state index contributed by atoms with van der Waals surface area (Å²) in [5.41, 5.74) is 16.8. The minimum atomic E-state index is 0.246. The molecule has 0 amide bonds. The zero-order chi connectivity index (χ0) is 35.1. The van der Waals surface area contributed by atoms with Crippen LogP contribution in [-0.4, -0.2) is 0 Å². The minimum Gasteiger partial charge on any atom is -0.456 e. The largest absolute Gasteiger partial charge is 0.456 e. The van der Waals surface area contributed by atoms with Gasteiger partial charge in [0.1, 0.15) is 11.2 Å². The Kier molecular flexibility index (Phi) is 7.73. The van der Waals surface area contributed by atoms with Gasteiger partial charge in [-0.1, -0.05) is 146 Å². The Labute approximate surface area is 310 Å². The maximum Gasteiger partial charge on any atom is 0.136 e. The van der Waals surface area contributed by atoms with E-state index in [0.29, 0.717) is 0 Å². The van der Waals surface area contributed by atoms with Gasteiger partial charge in [-0.2, -0.15) is 0 Å². The minimum absolute atomic E-state index is 0.246. The van der Waals surface area contributed by atoms with Gasteiger partial charge in [-0.25, -0.2) is 0 Å². The normalized spacial score (nSPS) is 13.7. The lowest BCUT2D eigenvalue weighted by Crippen LogP contribution is -2.09. The van der Waals surface area contributed by atoms with Gasteiger partial charge in [0, 0.05) is 39.3 Å². The summed E-state index contributed by atoms with van der Waals surface area (Å²) >= 11 is 0. The van der Waals surface area contributed by atoms with Crippen molar-refractivity contribution < 1.29 is 4.42 Å². The van der Waals surface area contributed by atoms with Crippen LogP contribution in [0.25, 0.3) is 55.3 Å². The Balaban J connectivity index is 1.24. The molecule has 9 aromatic rings. The Morgan fingerprint density at radius 3 is 1.75 bits per heavy atom. The molecule has 8 aromatic carbocycles. The van der Waals surface area contributed by atoms with Gasteiger partial charge in [-0.15, -0.1) is 0 Å². The fraction of sp³-hybridized carbons (Fsp3) is 0.0588. The molecule has 0 saturated carbocycles. The van der Waals surface area contributed by atoms with Crippen molar-refractivity contribution in [1.82, 2.24) is 0 Å². The van der Waals surface area contributed by atoms with Crippen molar-refractivity contribution in [3.8, 4) is 33.4 Å². The number of fused-ring (bicyclic) bond motifs is 6. The highest BCUT2D eigenvalue weighted by Gasteiger charge is 2.30. The Morgan fingerprint density at radius 2 is 1.06 bits per heavy atom. The third-order valence-electron chi connectivity index (χ3n) is 10.9. The van der Waals surface area contributed by atoms with Crippen molar-refractivity contribution in [2.24, 2.45) is 0 Å². The fourth-order valence-corrected chi connectivity index (χ4v) is 8.57. The molecule has 0 radical (unpaired) electrons. The summed E-state index contributed by atoms with van der Waals surface area (Å²) < 4.78 is 6.64. The van der Waals surface area contributed by atoms with E-state index in [2.05, 4.69) is 199 Å². The lowest BCUT2D eigenvalue weighted by Gasteiger charge is -2.26. The first kappa shape index (κ1) is 31.1. The van der Waals surface area contributed by atoms with Crippen molar-refractivity contribution in [3.63, 3.8) is 0 Å². The summed E-state index contributed by atoms with van der Waals surface area (Å²) in [7, 11) is 0. The maximum absolute atomic E-state index is 6.64. The zero-order valence-electron chi connectivity index (χ0n) is 29.3. The first-order chi connectivity index (χ1) is 26.3. The van der Waals surface area contributed by atoms with Gasteiger partial charge in [0.2, 0.25) is 0 Å². The van der Waals surface area contributed by atoms with Gasteiger partial charge >= 0.3 is 0 Å². The number of aryl methyl sites for hydroxylation is 1. The molecule has 2 heteroatoms. The quantitative estimate of drug-likeness (QED) is 0.174. The molecular weight excluding hydrogens is 643 g/mol. The molecule has 252 valence electrons. The number of hydrogen-bond donors (Lipinski definition) is 0. The number of furan rings is 1. The SMILES string of the molecule is c1ccc(-c2c3c(cc4oc5ccccc5c24)CCC(c2ccccc2)c2cccc(-c4ccc(N(c5ccccc5)c5ccccc5)cc4)c2-3)cc1. The summed E-state index contributed by atoms with van der Waals surface area (Å²) in [6, 6.07) is 70.2.